The average Bonchev–Trinajstić information content (AvgIpc) is 2.60. The second kappa shape index (κ2) is 8.52. The van der Waals surface area contributed by atoms with Gasteiger partial charge in [-0.25, -0.2) is 9.59 Å². The lowest BCUT2D eigenvalue weighted by molar-refractivity contribution is -0.138. The van der Waals surface area contributed by atoms with Gasteiger partial charge in [0.1, 0.15) is 6.61 Å². The minimum Gasteiger partial charge on any atom is -0.465 e. The maximum atomic E-state index is 11.7. The van der Waals surface area contributed by atoms with Crippen molar-refractivity contribution < 1.29 is 19.1 Å². The molecule has 0 amide bonds. The Bertz CT molecular complexity index is 767. The van der Waals surface area contributed by atoms with Crippen molar-refractivity contribution in [2.45, 2.75) is 6.61 Å². The summed E-state index contributed by atoms with van der Waals surface area (Å²) in [4.78, 5) is 23.0. The highest BCUT2D eigenvalue weighted by atomic mass is 35.5. The minimum atomic E-state index is -0.488. The van der Waals surface area contributed by atoms with Crippen molar-refractivity contribution in [3.05, 3.63) is 75.3 Å². The van der Waals surface area contributed by atoms with Crippen LogP contribution in [0.15, 0.2) is 48.5 Å². The second-order valence-electron chi connectivity index (χ2n) is 4.80. The molecule has 0 aliphatic heterocycles. The Hall–Kier alpha value is -2.30. The second-order valence-corrected chi connectivity index (χ2v) is 5.62. The topological polar surface area (TPSA) is 52.6 Å². The number of esters is 2. The van der Waals surface area contributed by atoms with E-state index in [1.165, 1.54) is 13.2 Å². The molecular formula is C18H14Cl2O4. The van der Waals surface area contributed by atoms with Crippen molar-refractivity contribution in [1.29, 1.82) is 0 Å². The van der Waals surface area contributed by atoms with Gasteiger partial charge in [-0.3, -0.25) is 0 Å². The van der Waals surface area contributed by atoms with E-state index in [9.17, 15) is 9.59 Å². The molecule has 0 aliphatic carbocycles. The van der Waals surface area contributed by atoms with Crippen LogP contribution in [0.1, 0.15) is 21.5 Å². The summed E-state index contributed by atoms with van der Waals surface area (Å²) in [6.45, 7) is 0.103. The molecule has 0 aliphatic rings. The van der Waals surface area contributed by atoms with Gasteiger partial charge in [-0.2, -0.15) is 0 Å². The van der Waals surface area contributed by atoms with E-state index < -0.39 is 11.9 Å². The zero-order chi connectivity index (χ0) is 17.5. The number of hydrogen-bond donors (Lipinski definition) is 0. The maximum Gasteiger partial charge on any atom is 0.337 e. The summed E-state index contributed by atoms with van der Waals surface area (Å²) >= 11 is 11.7. The highest BCUT2D eigenvalue weighted by Gasteiger charge is 2.05. The van der Waals surface area contributed by atoms with Crippen molar-refractivity contribution >= 4 is 41.2 Å². The van der Waals surface area contributed by atoms with Crippen molar-refractivity contribution in [3.8, 4) is 0 Å². The van der Waals surface area contributed by atoms with Gasteiger partial charge < -0.3 is 9.47 Å². The normalized spacial score (nSPS) is 10.6. The molecule has 0 heterocycles. The van der Waals surface area contributed by atoms with Gasteiger partial charge >= 0.3 is 11.9 Å². The standard InChI is InChI=1S/C18H14Cl2O4/c1-23-18(22)14-6-2-13(3-7-14)11-24-17(21)9-5-12-4-8-15(19)16(20)10-12/h2-10H,11H2,1H3. The molecule has 6 heteroatoms. The van der Waals surface area contributed by atoms with E-state index in [1.54, 1.807) is 48.5 Å². The molecule has 0 fully saturated rings. The fourth-order valence-corrected chi connectivity index (χ4v) is 2.14. The van der Waals surface area contributed by atoms with Crippen LogP contribution in [0.25, 0.3) is 6.08 Å². The van der Waals surface area contributed by atoms with Gasteiger partial charge in [0, 0.05) is 6.08 Å². The number of carbonyl (C=O) groups excluding carboxylic acids is 2. The monoisotopic (exact) mass is 364 g/mol. The first-order valence-electron chi connectivity index (χ1n) is 6.97. The Kier molecular flexibility index (Phi) is 6.41. The van der Waals surface area contributed by atoms with E-state index in [0.717, 1.165) is 11.1 Å². The van der Waals surface area contributed by atoms with Crippen LogP contribution in [-0.2, 0) is 20.9 Å². The van der Waals surface area contributed by atoms with Gasteiger partial charge in [0.15, 0.2) is 0 Å². The largest absolute Gasteiger partial charge is 0.465 e. The van der Waals surface area contributed by atoms with Crippen LogP contribution in [0.2, 0.25) is 10.0 Å². The average molecular weight is 365 g/mol. The summed E-state index contributed by atoms with van der Waals surface area (Å²) in [6, 6.07) is 11.7. The number of halogens is 2. The molecule has 2 aromatic rings. The van der Waals surface area contributed by atoms with Gasteiger partial charge in [0.2, 0.25) is 0 Å². The molecular weight excluding hydrogens is 351 g/mol. The van der Waals surface area contributed by atoms with E-state index in [2.05, 4.69) is 4.74 Å². The Morgan fingerprint density at radius 1 is 1.04 bits per heavy atom. The van der Waals surface area contributed by atoms with Crippen LogP contribution >= 0.6 is 23.2 Å². The first-order valence-corrected chi connectivity index (χ1v) is 7.72. The zero-order valence-electron chi connectivity index (χ0n) is 12.8. The Morgan fingerprint density at radius 2 is 1.75 bits per heavy atom. The zero-order valence-corrected chi connectivity index (χ0v) is 14.3. The van der Waals surface area contributed by atoms with Crippen LogP contribution in [0, 0.1) is 0 Å². The first kappa shape index (κ1) is 18.0. The van der Waals surface area contributed by atoms with Crippen molar-refractivity contribution in [2.75, 3.05) is 7.11 Å². The fourth-order valence-electron chi connectivity index (χ4n) is 1.84. The molecule has 2 rings (SSSR count). The molecule has 0 saturated carbocycles. The molecule has 0 spiro atoms. The lowest BCUT2D eigenvalue weighted by atomic mass is 10.1. The Labute approximate surface area is 149 Å². The smallest absolute Gasteiger partial charge is 0.337 e. The van der Waals surface area contributed by atoms with Crippen LogP contribution in [-0.4, -0.2) is 19.0 Å². The van der Waals surface area contributed by atoms with Crippen LogP contribution < -0.4 is 0 Å². The molecule has 0 bridgehead atoms. The molecule has 0 radical (unpaired) electrons. The highest BCUT2D eigenvalue weighted by molar-refractivity contribution is 6.42. The summed E-state index contributed by atoms with van der Waals surface area (Å²) < 4.78 is 9.74. The van der Waals surface area contributed by atoms with Crippen molar-refractivity contribution in [2.24, 2.45) is 0 Å². The molecule has 2 aromatic carbocycles. The van der Waals surface area contributed by atoms with E-state index in [1.807, 2.05) is 0 Å². The lowest BCUT2D eigenvalue weighted by Crippen LogP contribution is -2.03. The predicted octanol–water partition coefficient (Wildman–Crippen LogP) is 4.54. The number of hydrogen-bond acceptors (Lipinski definition) is 4. The third kappa shape index (κ3) is 5.11. The van der Waals surface area contributed by atoms with E-state index in [0.29, 0.717) is 15.6 Å². The van der Waals surface area contributed by atoms with Gasteiger partial charge in [0.25, 0.3) is 0 Å². The SMILES string of the molecule is COC(=O)c1ccc(COC(=O)C=Cc2ccc(Cl)c(Cl)c2)cc1. The van der Waals surface area contributed by atoms with E-state index in [-0.39, 0.29) is 6.61 Å². The number of benzene rings is 2. The highest BCUT2D eigenvalue weighted by Crippen LogP contribution is 2.23. The van der Waals surface area contributed by atoms with Crippen molar-refractivity contribution in [3.63, 3.8) is 0 Å². The van der Waals surface area contributed by atoms with Crippen LogP contribution in [0.4, 0.5) is 0 Å². The van der Waals surface area contributed by atoms with Gasteiger partial charge in [0.05, 0.1) is 22.7 Å². The summed E-state index contributed by atoms with van der Waals surface area (Å²) in [5.74, 6) is -0.902. The number of rotatable bonds is 5. The molecule has 24 heavy (non-hydrogen) atoms. The molecule has 0 N–H and O–H groups in total. The summed E-state index contributed by atoms with van der Waals surface area (Å²) in [6.07, 6.45) is 2.90. The Balaban J connectivity index is 1.89. The third-order valence-electron chi connectivity index (χ3n) is 3.11. The molecule has 124 valence electrons. The summed E-state index contributed by atoms with van der Waals surface area (Å²) in [5.41, 5.74) is 1.94. The lowest BCUT2D eigenvalue weighted by Gasteiger charge is -2.04. The molecule has 0 atom stereocenters. The summed E-state index contributed by atoms with van der Waals surface area (Å²) in [5, 5.41) is 0.865. The number of methoxy groups -OCH3 is 1. The number of carbonyl (C=O) groups is 2. The van der Waals surface area contributed by atoms with E-state index >= 15 is 0 Å². The Morgan fingerprint density at radius 3 is 2.38 bits per heavy atom. The summed E-state index contributed by atoms with van der Waals surface area (Å²) in [7, 11) is 1.32. The molecule has 4 nitrogen and oxygen atoms in total. The quantitative estimate of drug-likeness (QED) is 0.577. The predicted molar refractivity (Wildman–Crippen MR) is 93.1 cm³/mol. The van der Waals surface area contributed by atoms with Gasteiger partial charge in [-0.05, 0) is 41.5 Å². The van der Waals surface area contributed by atoms with Gasteiger partial charge in [-0.15, -0.1) is 0 Å². The number of ether oxygens (including phenoxy) is 2. The molecule has 0 saturated heterocycles. The van der Waals surface area contributed by atoms with Crippen molar-refractivity contribution in [1.82, 2.24) is 0 Å². The minimum absolute atomic E-state index is 0.103. The van der Waals surface area contributed by atoms with E-state index in [4.69, 9.17) is 27.9 Å². The molecule has 0 aromatic heterocycles. The first-order chi connectivity index (χ1) is 11.5. The maximum absolute atomic E-state index is 11.7. The van der Waals surface area contributed by atoms with Gasteiger partial charge in [-0.1, -0.05) is 41.4 Å². The molecule has 0 unspecified atom stereocenters. The third-order valence-corrected chi connectivity index (χ3v) is 3.85. The van der Waals surface area contributed by atoms with Crippen LogP contribution in [0.3, 0.4) is 0 Å². The fraction of sp³-hybridized carbons (Fsp3) is 0.111. The van der Waals surface area contributed by atoms with Crippen LogP contribution in [0.5, 0.6) is 0 Å².